The first-order valence-corrected chi connectivity index (χ1v) is 9.30. The molecule has 1 aliphatic carbocycles. The molecule has 0 aromatic heterocycles. The number of fused-ring (bicyclic) bond motifs is 4. The largest absolute Gasteiger partial charge is 0.507 e. The van der Waals surface area contributed by atoms with Crippen LogP contribution in [0.2, 0.25) is 0 Å². The molecule has 1 aliphatic heterocycles. The van der Waals surface area contributed by atoms with Crippen molar-refractivity contribution >= 4 is 22.6 Å². The lowest BCUT2D eigenvalue weighted by Gasteiger charge is -2.54. The van der Waals surface area contributed by atoms with Crippen LogP contribution in [0.1, 0.15) is 45.2 Å². The first-order valence-electron chi connectivity index (χ1n) is 8.22. The number of halogens is 1. The number of likely N-dealkylation sites (tertiary alicyclic amines) is 1. The molecule has 3 heteroatoms. The molecule has 1 aromatic rings. The van der Waals surface area contributed by atoms with E-state index < -0.39 is 0 Å². The smallest absolute Gasteiger partial charge is 0.129 e. The fourth-order valence-electron chi connectivity index (χ4n) is 4.25. The number of hydrogen-bond acceptors (Lipinski definition) is 2. The van der Waals surface area contributed by atoms with Crippen LogP contribution in [-0.2, 0) is 11.8 Å². The summed E-state index contributed by atoms with van der Waals surface area (Å²) in [6, 6.07) is 4.85. The average Bonchev–Trinajstić information content (AvgIpc) is 2.44. The van der Waals surface area contributed by atoms with Gasteiger partial charge in [0.15, 0.2) is 0 Å². The summed E-state index contributed by atoms with van der Waals surface area (Å²) in [5.41, 5.74) is 4.42. The highest BCUT2D eigenvalue weighted by Crippen LogP contribution is 2.49. The first-order chi connectivity index (χ1) is 10.3. The van der Waals surface area contributed by atoms with Crippen molar-refractivity contribution in [2.45, 2.75) is 52.0 Å². The number of piperidine rings is 1. The number of benzene rings is 1. The third kappa shape index (κ3) is 2.60. The lowest BCUT2D eigenvalue weighted by Crippen LogP contribution is -2.57. The van der Waals surface area contributed by atoms with Crippen molar-refractivity contribution in [3.8, 4) is 5.75 Å². The summed E-state index contributed by atoms with van der Waals surface area (Å²) in [5.74, 6) is 1.07. The zero-order chi connectivity index (χ0) is 16.1. The molecule has 0 radical (unpaired) electrons. The molecular formula is C19H26INO. The van der Waals surface area contributed by atoms with Crippen LogP contribution in [0.3, 0.4) is 0 Å². The Morgan fingerprint density at radius 1 is 1.45 bits per heavy atom. The Labute approximate surface area is 147 Å². The summed E-state index contributed by atoms with van der Waals surface area (Å²) < 4.78 is 0.975. The summed E-state index contributed by atoms with van der Waals surface area (Å²) >= 11 is 2.24. The Morgan fingerprint density at radius 2 is 2.18 bits per heavy atom. The highest BCUT2D eigenvalue weighted by molar-refractivity contribution is 14.1. The van der Waals surface area contributed by atoms with Crippen molar-refractivity contribution in [2.24, 2.45) is 5.92 Å². The van der Waals surface area contributed by atoms with Gasteiger partial charge in [0.05, 0.1) is 3.57 Å². The van der Waals surface area contributed by atoms with Crippen LogP contribution < -0.4 is 0 Å². The van der Waals surface area contributed by atoms with Crippen LogP contribution in [0.4, 0.5) is 0 Å². The van der Waals surface area contributed by atoms with Crippen molar-refractivity contribution in [1.29, 1.82) is 0 Å². The van der Waals surface area contributed by atoms with E-state index in [0.717, 1.165) is 23.1 Å². The van der Waals surface area contributed by atoms with E-state index >= 15 is 0 Å². The van der Waals surface area contributed by atoms with E-state index in [0.29, 0.717) is 17.7 Å². The zero-order valence-electron chi connectivity index (χ0n) is 14.0. The maximum absolute atomic E-state index is 10.1. The van der Waals surface area contributed by atoms with Gasteiger partial charge in [0.1, 0.15) is 5.75 Å². The van der Waals surface area contributed by atoms with E-state index in [4.69, 9.17) is 0 Å². The minimum atomic E-state index is 0.196. The van der Waals surface area contributed by atoms with E-state index in [1.54, 1.807) is 0 Å². The van der Waals surface area contributed by atoms with E-state index in [2.05, 4.69) is 67.3 Å². The molecular weight excluding hydrogens is 385 g/mol. The highest BCUT2D eigenvalue weighted by atomic mass is 127. The van der Waals surface area contributed by atoms with Gasteiger partial charge in [-0.1, -0.05) is 25.5 Å². The quantitative estimate of drug-likeness (QED) is 0.573. The SMILES string of the molecule is CC(C)=CCN1CC[C@@]2(C)c3cc(O)c(I)cc3C[C@@H]1[C@@H]2C. The molecule has 3 rings (SSSR count). The third-order valence-electron chi connectivity index (χ3n) is 5.92. The number of phenolic OH excluding ortho intramolecular Hbond substituents is 1. The zero-order valence-corrected chi connectivity index (χ0v) is 16.1. The lowest BCUT2D eigenvalue weighted by molar-refractivity contribution is 0.0396. The number of allylic oxidation sites excluding steroid dienone is 1. The van der Waals surface area contributed by atoms with Gasteiger partial charge in [-0.2, -0.15) is 0 Å². The molecule has 0 unspecified atom stereocenters. The van der Waals surface area contributed by atoms with E-state index in [1.165, 1.54) is 23.1 Å². The second-order valence-corrected chi connectivity index (χ2v) is 8.63. The van der Waals surface area contributed by atoms with Crippen LogP contribution in [0.15, 0.2) is 23.8 Å². The summed E-state index contributed by atoms with van der Waals surface area (Å²) in [5, 5.41) is 10.1. The van der Waals surface area contributed by atoms with Gasteiger partial charge in [0.25, 0.3) is 0 Å². The van der Waals surface area contributed by atoms with Crippen LogP contribution >= 0.6 is 22.6 Å². The van der Waals surface area contributed by atoms with Crippen LogP contribution in [0, 0.1) is 9.49 Å². The van der Waals surface area contributed by atoms with Crippen LogP contribution in [0.25, 0.3) is 0 Å². The second kappa shape index (κ2) is 5.82. The molecule has 0 amide bonds. The van der Waals surface area contributed by atoms with E-state index in [9.17, 15) is 5.11 Å². The molecule has 120 valence electrons. The average molecular weight is 411 g/mol. The molecule has 1 fully saturated rings. The fraction of sp³-hybridized carbons (Fsp3) is 0.579. The summed E-state index contributed by atoms with van der Waals surface area (Å²) in [7, 11) is 0. The Balaban J connectivity index is 1.99. The normalized spacial score (nSPS) is 30.8. The number of nitrogens with zero attached hydrogens (tertiary/aromatic N) is 1. The number of aromatic hydroxyl groups is 1. The number of hydrogen-bond donors (Lipinski definition) is 1. The van der Waals surface area contributed by atoms with Gasteiger partial charge in [0.2, 0.25) is 0 Å². The van der Waals surface area contributed by atoms with Crippen molar-refractivity contribution in [3.05, 3.63) is 38.5 Å². The van der Waals surface area contributed by atoms with Gasteiger partial charge in [-0.25, -0.2) is 0 Å². The van der Waals surface area contributed by atoms with Gasteiger partial charge >= 0.3 is 0 Å². The second-order valence-electron chi connectivity index (χ2n) is 7.46. The van der Waals surface area contributed by atoms with Gasteiger partial charge in [-0.05, 0) is 90.4 Å². The molecule has 2 aliphatic rings. The minimum Gasteiger partial charge on any atom is -0.507 e. The summed E-state index contributed by atoms with van der Waals surface area (Å²) in [6.07, 6.45) is 4.64. The molecule has 2 nitrogen and oxygen atoms in total. The van der Waals surface area contributed by atoms with E-state index in [1.807, 2.05) is 6.07 Å². The van der Waals surface area contributed by atoms with Crippen molar-refractivity contribution < 1.29 is 5.11 Å². The molecule has 3 atom stereocenters. The molecule has 2 bridgehead atoms. The Bertz CT molecular complexity index is 620. The summed E-state index contributed by atoms with van der Waals surface area (Å²) in [4.78, 5) is 2.65. The standard InChI is InChI=1S/C19H26INO/c1-12(2)5-7-21-8-6-19(4)13(3)17(21)10-14-9-16(20)18(22)11-15(14)19/h5,9,11,13,17,22H,6-8,10H2,1-4H3/t13-,17+,19+/m0/s1. The Morgan fingerprint density at radius 3 is 2.86 bits per heavy atom. The Hall–Kier alpha value is -0.550. The third-order valence-corrected chi connectivity index (χ3v) is 6.78. The molecule has 0 spiro atoms. The van der Waals surface area contributed by atoms with Crippen molar-refractivity contribution in [3.63, 3.8) is 0 Å². The van der Waals surface area contributed by atoms with E-state index in [-0.39, 0.29) is 5.41 Å². The highest BCUT2D eigenvalue weighted by Gasteiger charge is 2.48. The minimum absolute atomic E-state index is 0.196. The van der Waals surface area contributed by atoms with Gasteiger partial charge in [-0.3, -0.25) is 4.90 Å². The Kier molecular flexibility index (Phi) is 4.32. The van der Waals surface area contributed by atoms with Crippen molar-refractivity contribution in [1.82, 2.24) is 4.90 Å². The summed E-state index contributed by atoms with van der Waals surface area (Å²) in [6.45, 7) is 11.4. The van der Waals surface area contributed by atoms with Crippen LogP contribution in [0.5, 0.6) is 5.75 Å². The topological polar surface area (TPSA) is 23.5 Å². The van der Waals surface area contributed by atoms with Gasteiger partial charge in [0, 0.05) is 12.6 Å². The number of phenols is 1. The molecule has 1 aromatic carbocycles. The molecule has 1 N–H and O–H groups in total. The molecule has 1 saturated heterocycles. The maximum atomic E-state index is 10.1. The molecule has 1 heterocycles. The molecule has 22 heavy (non-hydrogen) atoms. The monoisotopic (exact) mass is 411 g/mol. The number of rotatable bonds is 2. The lowest BCUT2D eigenvalue weighted by atomic mass is 9.59. The van der Waals surface area contributed by atoms with Gasteiger partial charge in [-0.15, -0.1) is 0 Å². The predicted molar refractivity (Wildman–Crippen MR) is 100 cm³/mol. The molecule has 0 saturated carbocycles. The van der Waals surface area contributed by atoms with Crippen LogP contribution in [-0.4, -0.2) is 29.1 Å². The maximum Gasteiger partial charge on any atom is 0.129 e. The predicted octanol–water partition coefficient (Wildman–Crippen LogP) is 4.49. The fourth-order valence-corrected chi connectivity index (χ4v) is 4.78. The van der Waals surface area contributed by atoms with Crippen molar-refractivity contribution in [2.75, 3.05) is 13.1 Å². The van der Waals surface area contributed by atoms with Gasteiger partial charge < -0.3 is 5.11 Å². The first kappa shape index (κ1) is 16.3.